The summed E-state index contributed by atoms with van der Waals surface area (Å²) in [4.78, 5) is 25.9. The molecule has 11 heteroatoms. The zero-order valence-electron chi connectivity index (χ0n) is 15.4. The van der Waals surface area contributed by atoms with Crippen molar-refractivity contribution in [1.29, 1.82) is 0 Å². The van der Waals surface area contributed by atoms with Crippen molar-refractivity contribution in [2.75, 3.05) is 13.1 Å². The fourth-order valence-corrected chi connectivity index (χ4v) is 7.25. The van der Waals surface area contributed by atoms with Crippen LogP contribution in [0.25, 0.3) is 0 Å². The number of hydrogen-bond acceptors (Lipinski definition) is 6. The number of likely N-dealkylation sites (tertiary alicyclic amines) is 1. The number of hydrogen-bond donors (Lipinski definition) is 2. The first kappa shape index (κ1) is 18.3. The third-order valence-corrected chi connectivity index (χ3v) is 8.39. The SMILES string of the molecule is NC(=O)c1cccc(S(=O)(=O)N2[C@@H]3CC[C@H]2[C@@H]2CN(C(=O)c4cnn[nH]4)C[C@@H]23)c1. The number of nitrogens with zero attached hydrogens (tertiary/aromatic N) is 4. The maximum atomic E-state index is 13.4. The summed E-state index contributed by atoms with van der Waals surface area (Å²) in [5.41, 5.74) is 5.82. The molecule has 3 fully saturated rings. The van der Waals surface area contributed by atoms with E-state index in [1.807, 2.05) is 0 Å². The topological polar surface area (TPSA) is 142 Å². The minimum atomic E-state index is -3.76. The van der Waals surface area contributed by atoms with Gasteiger partial charge in [0.05, 0.1) is 11.1 Å². The van der Waals surface area contributed by atoms with Crippen LogP contribution in [0.1, 0.15) is 33.7 Å². The van der Waals surface area contributed by atoms with Crippen LogP contribution in [-0.2, 0) is 10.0 Å². The van der Waals surface area contributed by atoms with Crippen molar-refractivity contribution in [2.45, 2.75) is 29.8 Å². The van der Waals surface area contributed by atoms with Crippen molar-refractivity contribution >= 4 is 21.8 Å². The van der Waals surface area contributed by atoms with Crippen molar-refractivity contribution in [3.8, 4) is 0 Å². The Morgan fingerprint density at radius 1 is 1.14 bits per heavy atom. The minimum Gasteiger partial charge on any atom is -0.366 e. The van der Waals surface area contributed by atoms with Gasteiger partial charge in [-0.3, -0.25) is 14.7 Å². The van der Waals surface area contributed by atoms with Gasteiger partial charge in [-0.1, -0.05) is 11.3 Å². The summed E-state index contributed by atoms with van der Waals surface area (Å²) in [6, 6.07) is 5.57. The van der Waals surface area contributed by atoms with E-state index >= 15 is 0 Å². The van der Waals surface area contributed by atoms with Crippen LogP contribution in [0.2, 0.25) is 0 Å². The van der Waals surface area contributed by atoms with Crippen LogP contribution >= 0.6 is 0 Å². The van der Waals surface area contributed by atoms with E-state index in [1.165, 1.54) is 30.5 Å². The standard InChI is InChI=1S/C18H20N6O4S/c19-17(25)10-2-1-3-11(6-10)29(27,28)24-15-4-5-16(24)13-9-23(8-12(13)15)18(26)14-7-20-22-21-14/h1-3,6-7,12-13,15-16H,4-5,8-9H2,(H2,19,25)(H,20,21,22)/t12-,13+,15+,16-. The minimum absolute atomic E-state index is 0.0853. The largest absolute Gasteiger partial charge is 0.366 e. The third-order valence-electron chi connectivity index (χ3n) is 6.44. The summed E-state index contributed by atoms with van der Waals surface area (Å²) in [6.45, 7) is 1.02. The zero-order chi connectivity index (χ0) is 20.3. The van der Waals surface area contributed by atoms with Gasteiger partial charge < -0.3 is 10.6 Å². The van der Waals surface area contributed by atoms with Gasteiger partial charge in [-0.05, 0) is 42.9 Å². The average molecular weight is 416 g/mol. The van der Waals surface area contributed by atoms with Crippen molar-refractivity contribution < 1.29 is 18.0 Å². The Labute approximate surface area is 167 Å². The Morgan fingerprint density at radius 3 is 2.41 bits per heavy atom. The monoisotopic (exact) mass is 416 g/mol. The molecule has 5 rings (SSSR count). The molecule has 3 aliphatic heterocycles. The molecule has 10 nitrogen and oxygen atoms in total. The number of primary amides is 1. The number of H-pyrrole nitrogens is 1. The first-order valence-corrected chi connectivity index (χ1v) is 10.9. The van der Waals surface area contributed by atoms with Crippen LogP contribution in [0.4, 0.5) is 0 Å². The molecule has 2 bridgehead atoms. The Balaban J connectivity index is 1.41. The second-order valence-electron chi connectivity index (χ2n) is 7.85. The predicted molar refractivity (Wildman–Crippen MR) is 100 cm³/mol. The maximum absolute atomic E-state index is 13.4. The Morgan fingerprint density at radius 2 is 1.83 bits per heavy atom. The van der Waals surface area contributed by atoms with E-state index in [1.54, 1.807) is 9.21 Å². The normalized spacial score (nSPS) is 28.6. The van der Waals surface area contributed by atoms with E-state index in [-0.39, 0.29) is 40.3 Å². The van der Waals surface area contributed by atoms with Gasteiger partial charge in [-0.25, -0.2) is 8.42 Å². The summed E-state index contributed by atoms with van der Waals surface area (Å²) in [6.07, 6.45) is 2.94. The number of benzene rings is 1. The maximum Gasteiger partial charge on any atom is 0.273 e. The first-order chi connectivity index (χ1) is 13.9. The number of rotatable bonds is 4. The lowest BCUT2D eigenvalue weighted by atomic mass is 9.82. The van der Waals surface area contributed by atoms with Crippen LogP contribution < -0.4 is 5.73 Å². The van der Waals surface area contributed by atoms with E-state index in [9.17, 15) is 18.0 Å². The quantitative estimate of drug-likeness (QED) is 0.708. The van der Waals surface area contributed by atoms with Crippen molar-refractivity contribution in [2.24, 2.45) is 17.6 Å². The van der Waals surface area contributed by atoms with Crippen LogP contribution in [-0.4, -0.2) is 70.0 Å². The lowest BCUT2D eigenvalue weighted by Gasteiger charge is -2.26. The second kappa shape index (κ2) is 6.36. The number of aromatic amines is 1. The molecule has 0 aliphatic carbocycles. The number of sulfonamides is 1. The molecule has 0 saturated carbocycles. The van der Waals surface area contributed by atoms with Crippen molar-refractivity contribution in [3.05, 3.63) is 41.7 Å². The number of nitrogens with one attached hydrogen (secondary N) is 1. The third kappa shape index (κ3) is 2.68. The molecule has 3 N–H and O–H groups in total. The van der Waals surface area contributed by atoms with Crippen LogP contribution in [0.15, 0.2) is 35.4 Å². The zero-order valence-corrected chi connectivity index (χ0v) is 16.2. The smallest absolute Gasteiger partial charge is 0.273 e. The molecular weight excluding hydrogens is 396 g/mol. The summed E-state index contributed by atoms with van der Waals surface area (Å²) in [7, 11) is -3.76. The summed E-state index contributed by atoms with van der Waals surface area (Å²) in [5.74, 6) is -0.622. The average Bonchev–Trinajstić information content (AvgIpc) is 3.49. The lowest BCUT2D eigenvalue weighted by molar-refractivity contribution is 0.0767. The lowest BCUT2D eigenvalue weighted by Crippen LogP contribution is -2.41. The van der Waals surface area contributed by atoms with Gasteiger partial charge in [0.15, 0.2) is 0 Å². The van der Waals surface area contributed by atoms with E-state index in [2.05, 4.69) is 15.4 Å². The van der Waals surface area contributed by atoms with Crippen molar-refractivity contribution in [1.82, 2.24) is 24.6 Å². The molecule has 1 aromatic carbocycles. The number of fused-ring (bicyclic) bond motifs is 5. The van der Waals surface area contributed by atoms with E-state index in [0.717, 1.165) is 12.8 Å². The van der Waals surface area contributed by atoms with E-state index < -0.39 is 15.9 Å². The molecule has 2 aromatic rings. The number of amides is 2. The fraction of sp³-hybridized carbons (Fsp3) is 0.444. The molecule has 4 heterocycles. The van der Waals surface area contributed by atoms with Gasteiger partial charge >= 0.3 is 0 Å². The van der Waals surface area contributed by atoms with Crippen LogP contribution in [0.3, 0.4) is 0 Å². The molecule has 0 spiro atoms. The Kier molecular flexibility index (Phi) is 4.00. The summed E-state index contributed by atoms with van der Waals surface area (Å²) < 4.78 is 28.4. The molecule has 0 unspecified atom stereocenters. The summed E-state index contributed by atoms with van der Waals surface area (Å²) in [5, 5.41) is 9.83. The van der Waals surface area contributed by atoms with Crippen LogP contribution in [0, 0.1) is 11.8 Å². The molecule has 3 saturated heterocycles. The van der Waals surface area contributed by atoms with Gasteiger partial charge in [0.1, 0.15) is 5.69 Å². The molecule has 4 atom stereocenters. The molecule has 2 amide bonds. The molecule has 3 aliphatic rings. The molecular formula is C18H20N6O4S. The van der Waals surface area contributed by atoms with Gasteiger partial charge in [-0.15, -0.1) is 5.10 Å². The highest BCUT2D eigenvalue weighted by Gasteiger charge is 2.60. The Bertz CT molecular complexity index is 1070. The highest BCUT2D eigenvalue weighted by molar-refractivity contribution is 7.89. The molecule has 0 radical (unpaired) electrons. The molecule has 29 heavy (non-hydrogen) atoms. The van der Waals surface area contributed by atoms with E-state index in [0.29, 0.717) is 18.8 Å². The first-order valence-electron chi connectivity index (χ1n) is 9.46. The van der Waals surface area contributed by atoms with Gasteiger partial charge in [-0.2, -0.15) is 4.31 Å². The van der Waals surface area contributed by atoms with Gasteiger partial charge in [0.2, 0.25) is 15.9 Å². The van der Waals surface area contributed by atoms with Crippen molar-refractivity contribution in [3.63, 3.8) is 0 Å². The van der Waals surface area contributed by atoms with E-state index in [4.69, 9.17) is 5.73 Å². The number of nitrogens with two attached hydrogens (primary N) is 1. The van der Waals surface area contributed by atoms with Gasteiger partial charge in [0, 0.05) is 30.7 Å². The molecule has 1 aromatic heterocycles. The number of carbonyl (C=O) groups excluding carboxylic acids is 2. The van der Waals surface area contributed by atoms with Crippen LogP contribution in [0.5, 0.6) is 0 Å². The predicted octanol–water partition coefficient (Wildman–Crippen LogP) is -0.173. The Hall–Kier alpha value is -2.79. The highest BCUT2D eigenvalue weighted by Crippen LogP contribution is 2.51. The number of carbonyl (C=O) groups is 2. The second-order valence-corrected chi connectivity index (χ2v) is 9.69. The highest BCUT2D eigenvalue weighted by atomic mass is 32.2. The fourth-order valence-electron chi connectivity index (χ4n) is 5.24. The number of aromatic nitrogens is 3. The summed E-state index contributed by atoms with van der Waals surface area (Å²) >= 11 is 0. The molecule has 152 valence electrons. The van der Waals surface area contributed by atoms with Gasteiger partial charge in [0.25, 0.3) is 5.91 Å².